The number of rotatable bonds is 8. The summed E-state index contributed by atoms with van der Waals surface area (Å²) >= 11 is 0. The Bertz CT molecular complexity index is 1060. The molecule has 0 N–H and O–H groups in total. The molecule has 8 nitrogen and oxygen atoms in total. The van der Waals surface area contributed by atoms with Gasteiger partial charge in [0, 0.05) is 18.4 Å². The van der Waals surface area contributed by atoms with Gasteiger partial charge in [0.25, 0.3) is 0 Å². The van der Waals surface area contributed by atoms with Gasteiger partial charge in [-0.3, -0.25) is 0 Å². The topological polar surface area (TPSA) is 97.4 Å². The van der Waals surface area contributed by atoms with Crippen molar-refractivity contribution in [3.05, 3.63) is 84.1 Å². The van der Waals surface area contributed by atoms with Crippen LogP contribution < -0.4 is 9.05 Å². The Kier molecular flexibility index (Phi) is 6.84. The Morgan fingerprint density at radius 2 is 1.58 bits per heavy atom. The highest BCUT2D eigenvalue weighted by molar-refractivity contribution is 7.49. The van der Waals surface area contributed by atoms with Gasteiger partial charge in [-0.05, 0) is 43.2 Å². The number of allylic oxidation sites excluding steroid dienone is 1. The summed E-state index contributed by atoms with van der Waals surface area (Å²) in [4.78, 5) is 24.3. The number of benzene rings is 2. The number of phosphoric ester groups is 1. The SMILES string of the molecule is COC(=O)C1=C(OP(=O)(Oc2ccccc2)Oc2ccccc2)CCC[C@@H]1[C@H]1C=CC(=O)O1. The fourth-order valence-electron chi connectivity index (χ4n) is 3.78. The normalized spacial score (nSPS) is 20.2. The minimum Gasteiger partial charge on any atom is -0.466 e. The quantitative estimate of drug-likeness (QED) is 0.394. The summed E-state index contributed by atoms with van der Waals surface area (Å²) in [7, 11) is -3.04. The van der Waals surface area contributed by atoms with Crippen molar-refractivity contribution in [3.63, 3.8) is 0 Å². The zero-order chi connectivity index (χ0) is 23.3. The number of hydrogen-bond donors (Lipinski definition) is 0. The fourth-order valence-corrected chi connectivity index (χ4v) is 5.11. The molecule has 33 heavy (non-hydrogen) atoms. The third kappa shape index (κ3) is 5.46. The van der Waals surface area contributed by atoms with Gasteiger partial charge >= 0.3 is 19.8 Å². The van der Waals surface area contributed by atoms with Crippen molar-refractivity contribution in [1.29, 1.82) is 0 Å². The third-order valence-electron chi connectivity index (χ3n) is 5.21. The number of carbonyl (C=O) groups is 2. The molecule has 2 aromatic rings. The van der Waals surface area contributed by atoms with Gasteiger partial charge in [0.05, 0.1) is 12.7 Å². The van der Waals surface area contributed by atoms with E-state index in [0.717, 1.165) is 0 Å². The molecule has 1 aliphatic carbocycles. The van der Waals surface area contributed by atoms with Crippen molar-refractivity contribution >= 4 is 19.8 Å². The van der Waals surface area contributed by atoms with Crippen LogP contribution in [0.25, 0.3) is 0 Å². The molecule has 4 rings (SSSR count). The Morgan fingerprint density at radius 1 is 0.970 bits per heavy atom. The molecule has 0 bridgehead atoms. The molecule has 1 heterocycles. The van der Waals surface area contributed by atoms with Crippen LogP contribution in [0.4, 0.5) is 0 Å². The minimum atomic E-state index is -4.28. The Hall–Kier alpha value is -3.51. The molecule has 0 radical (unpaired) electrons. The molecule has 0 aromatic heterocycles. The summed E-state index contributed by atoms with van der Waals surface area (Å²) in [5.41, 5.74) is 0.154. The van der Waals surface area contributed by atoms with Crippen molar-refractivity contribution in [2.75, 3.05) is 7.11 Å². The lowest BCUT2D eigenvalue weighted by Crippen LogP contribution is -2.30. The molecule has 0 unspecified atom stereocenters. The number of ether oxygens (including phenoxy) is 2. The van der Waals surface area contributed by atoms with Crippen LogP contribution in [0.2, 0.25) is 0 Å². The number of carbonyl (C=O) groups excluding carboxylic acids is 2. The number of methoxy groups -OCH3 is 1. The van der Waals surface area contributed by atoms with Crippen molar-refractivity contribution in [3.8, 4) is 11.5 Å². The van der Waals surface area contributed by atoms with Crippen LogP contribution in [-0.4, -0.2) is 25.2 Å². The van der Waals surface area contributed by atoms with E-state index in [9.17, 15) is 14.2 Å². The summed E-state index contributed by atoms with van der Waals surface area (Å²) in [6, 6.07) is 16.9. The maximum atomic E-state index is 13.8. The summed E-state index contributed by atoms with van der Waals surface area (Å²) in [6.07, 6.45) is 3.75. The maximum absolute atomic E-state index is 13.8. The molecule has 9 heteroatoms. The Balaban J connectivity index is 1.70. The molecule has 2 aliphatic rings. The average molecular weight is 470 g/mol. The molecule has 0 spiro atoms. The van der Waals surface area contributed by atoms with Crippen LogP contribution >= 0.6 is 7.82 Å². The van der Waals surface area contributed by atoms with Gasteiger partial charge in [-0.25, -0.2) is 9.59 Å². The van der Waals surface area contributed by atoms with Crippen molar-refractivity contribution in [2.45, 2.75) is 25.4 Å². The first-order valence-corrected chi connectivity index (χ1v) is 11.9. The summed E-state index contributed by atoms with van der Waals surface area (Å²) < 4.78 is 41.3. The highest BCUT2D eigenvalue weighted by atomic mass is 31.2. The lowest BCUT2D eigenvalue weighted by Gasteiger charge is -2.30. The number of hydrogen-bond acceptors (Lipinski definition) is 8. The van der Waals surface area contributed by atoms with Crippen LogP contribution in [0.5, 0.6) is 11.5 Å². The van der Waals surface area contributed by atoms with Crippen LogP contribution in [0, 0.1) is 5.92 Å². The van der Waals surface area contributed by atoms with Gasteiger partial charge < -0.3 is 23.0 Å². The fraction of sp³-hybridized carbons (Fsp3) is 0.250. The van der Waals surface area contributed by atoms with E-state index in [0.29, 0.717) is 19.3 Å². The molecule has 172 valence electrons. The predicted octanol–water partition coefficient (Wildman–Crippen LogP) is 4.98. The highest BCUT2D eigenvalue weighted by Gasteiger charge is 2.42. The van der Waals surface area contributed by atoms with Crippen LogP contribution in [0.1, 0.15) is 19.3 Å². The minimum absolute atomic E-state index is 0.129. The average Bonchev–Trinajstić information content (AvgIpc) is 3.25. The first-order valence-electron chi connectivity index (χ1n) is 10.5. The van der Waals surface area contributed by atoms with Gasteiger partial charge in [-0.2, -0.15) is 4.57 Å². The zero-order valence-electron chi connectivity index (χ0n) is 17.9. The Labute approximate surface area is 191 Å². The smallest absolute Gasteiger partial charge is 0.466 e. The zero-order valence-corrected chi connectivity index (χ0v) is 18.8. The van der Waals surface area contributed by atoms with Crippen LogP contribution in [-0.2, 0) is 28.2 Å². The number of para-hydroxylation sites is 2. The first-order chi connectivity index (χ1) is 16.0. The van der Waals surface area contributed by atoms with E-state index in [1.165, 1.54) is 13.2 Å². The molecule has 0 amide bonds. The summed E-state index contributed by atoms with van der Waals surface area (Å²) in [6.45, 7) is 0. The maximum Gasteiger partial charge on any atom is 0.646 e. The third-order valence-corrected chi connectivity index (χ3v) is 6.52. The van der Waals surface area contributed by atoms with Crippen molar-refractivity contribution < 1.29 is 37.2 Å². The second kappa shape index (κ2) is 9.96. The molecule has 0 fully saturated rings. The van der Waals surface area contributed by atoms with E-state index < -0.39 is 31.8 Å². The predicted molar refractivity (Wildman–Crippen MR) is 118 cm³/mol. The molecule has 2 aromatic carbocycles. The van der Waals surface area contributed by atoms with E-state index >= 15 is 0 Å². The van der Waals surface area contributed by atoms with Gasteiger partial charge in [0.1, 0.15) is 23.4 Å². The summed E-state index contributed by atoms with van der Waals surface area (Å²) in [5.74, 6) is -0.968. The number of phosphoric acid groups is 1. The van der Waals surface area contributed by atoms with E-state index in [1.54, 1.807) is 66.7 Å². The molecule has 1 aliphatic heterocycles. The second-order valence-electron chi connectivity index (χ2n) is 7.43. The van der Waals surface area contributed by atoms with E-state index in [4.69, 9.17) is 23.0 Å². The van der Waals surface area contributed by atoms with E-state index in [1.807, 2.05) is 0 Å². The molecule has 0 saturated heterocycles. The Morgan fingerprint density at radius 3 is 2.09 bits per heavy atom. The van der Waals surface area contributed by atoms with Gasteiger partial charge in [0.15, 0.2) is 0 Å². The monoisotopic (exact) mass is 470 g/mol. The van der Waals surface area contributed by atoms with Crippen molar-refractivity contribution in [1.82, 2.24) is 0 Å². The van der Waals surface area contributed by atoms with Gasteiger partial charge in [-0.1, -0.05) is 36.4 Å². The van der Waals surface area contributed by atoms with Gasteiger partial charge in [-0.15, -0.1) is 0 Å². The number of cyclic esters (lactones) is 1. The van der Waals surface area contributed by atoms with Crippen LogP contribution in [0.3, 0.4) is 0 Å². The lowest BCUT2D eigenvalue weighted by molar-refractivity contribution is -0.143. The van der Waals surface area contributed by atoms with Gasteiger partial charge in [0.2, 0.25) is 0 Å². The molecule has 2 atom stereocenters. The van der Waals surface area contributed by atoms with Crippen LogP contribution in [0.15, 0.2) is 84.1 Å². The standard InChI is InChI=1S/C24H23O8P/c1-28-24(26)23-19(20-15-16-22(25)29-20)13-8-14-21(23)32-33(27,30-17-9-4-2-5-10-17)31-18-11-6-3-7-12-18/h2-7,9-12,15-16,19-20H,8,13-14H2,1H3/t19-,20-/m1/s1. The van der Waals surface area contributed by atoms with Crippen molar-refractivity contribution in [2.24, 2.45) is 5.92 Å². The summed E-state index contributed by atoms with van der Waals surface area (Å²) in [5, 5.41) is 0. The number of esters is 2. The van der Waals surface area contributed by atoms with E-state index in [2.05, 4.69) is 0 Å². The second-order valence-corrected chi connectivity index (χ2v) is 8.88. The first kappa shape index (κ1) is 22.7. The highest BCUT2D eigenvalue weighted by Crippen LogP contribution is 2.53. The largest absolute Gasteiger partial charge is 0.646 e. The molecule has 0 saturated carbocycles. The lowest BCUT2D eigenvalue weighted by atomic mass is 9.82. The van der Waals surface area contributed by atoms with E-state index in [-0.39, 0.29) is 22.8 Å². The molecular formula is C24H23O8P. The molecular weight excluding hydrogens is 447 g/mol.